The summed E-state index contributed by atoms with van der Waals surface area (Å²) in [7, 11) is 0. The summed E-state index contributed by atoms with van der Waals surface area (Å²) in [6, 6.07) is 19.1. The number of nitrogens with zero attached hydrogens (tertiary/aromatic N) is 8. The molecule has 3 aromatic heterocycles. The predicted molar refractivity (Wildman–Crippen MR) is 124 cm³/mol. The lowest BCUT2D eigenvalue weighted by Crippen LogP contribution is -2.49. The van der Waals surface area contributed by atoms with Crippen molar-refractivity contribution in [1.29, 1.82) is 0 Å². The van der Waals surface area contributed by atoms with Crippen LogP contribution in [0, 0.1) is 6.92 Å². The number of carbonyl (C=O) groups is 1. The van der Waals surface area contributed by atoms with Gasteiger partial charge < -0.3 is 15.1 Å². The van der Waals surface area contributed by atoms with Crippen molar-refractivity contribution in [2.45, 2.75) is 6.92 Å². The van der Waals surface area contributed by atoms with Crippen molar-refractivity contribution in [3.8, 4) is 5.69 Å². The second-order valence-electron chi connectivity index (χ2n) is 7.70. The minimum Gasteiger partial charge on any atom is -0.352 e. The zero-order chi connectivity index (χ0) is 22.6. The molecule has 1 amide bonds. The van der Waals surface area contributed by atoms with Gasteiger partial charge in [0.25, 0.3) is 5.91 Å². The highest BCUT2D eigenvalue weighted by molar-refractivity contribution is 5.92. The summed E-state index contributed by atoms with van der Waals surface area (Å²) in [4.78, 5) is 22.7. The minimum absolute atomic E-state index is 0.117. The molecule has 1 aliphatic rings. The molecule has 33 heavy (non-hydrogen) atoms. The Kier molecular flexibility index (Phi) is 5.62. The third-order valence-corrected chi connectivity index (χ3v) is 5.38. The van der Waals surface area contributed by atoms with E-state index >= 15 is 0 Å². The Morgan fingerprint density at radius 1 is 0.879 bits per heavy atom. The van der Waals surface area contributed by atoms with Crippen LogP contribution < -0.4 is 10.2 Å². The fourth-order valence-corrected chi connectivity index (χ4v) is 3.65. The highest BCUT2D eigenvalue weighted by atomic mass is 16.2. The Balaban J connectivity index is 1.18. The number of carbonyl (C=O) groups excluding carboxylic acids is 1. The monoisotopic (exact) mass is 441 g/mol. The SMILES string of the molecule is Cc1cccc(Nc2ccc(N3CCN(C(=O)c4cnn(-c5ccccc5)n4)CC3)nn2)n1. The van der Waals surface area contributed by atoms with Gasteiger partial charge in [0.1, 0.15) is 5.82 Å². The maximum absolute atomic E-state index is 12.9. The fraction of sp³-hybridized carbons (Fsp3) is 0.217. The lowest BCUT2D eigenvalue weighted by atomic mass is 10.3. The fourth-order valence-electron chi connectivity index (χ4n) is 3.65. The van der Waals surface area contributed by atoms with Gasteiger partial charge in [0.05, 0.1) is 11.9 Å². The summed E-state index contributed by atoms with van der Waals surface area (Å²) in [5, 5.41) is 20.3. The van der Waals surface area contributed by atoms with Crippen LogP contribution in [0.25, 0.3) is 5.69 Å². The van der Waals surface area contributed by atoms with Crippen LogP contribution in [-0.4, -0.2) is 67.2 Å². The average Bonchev–Trinajstić information content (AvgIpc) is 3.35. The van der Waals surface area contributed by atoms with E-state index in [0.29, 0.717) is 37.7 Å². The number of rotatable bonds is 5. The third kappa shape index (κ3) is 4.64. The number of pyridine rings is 1. The van der Waals surface area contributed by atoms with E-state index in [9.17, 15) is 4.79 Å². The van der Waals surface area contributed by atoms with Crippen LogP contribution >= 0.6 is 0 Å². The Morgan fingerprint density at radius 2 is 1.70 bits per heavy atom. The smallest absolute Gasteiger partial charge is 0.276 e. The Labute approximate surface area is 190 Å². The highest BCUT2D eigenvalue weighted by Gasteiger charge is 2.25. The summed E-state index contributed by atoms with van der Waals surface area (Å²) in [5.74, 6) is 2.02. The first-order valence-corrected chi connectivity index (χ1v) is 10.7. The first-order chi connectivity index (χ1) is 16.2. The molecule has 0 atom stereocenters. The molecule has 0 aliphatic carbocycles. The Morgan fingerprint density at radius 3 is 2.42 bits per heavy atom. The zero-order valence-electron chi connectivity index (χ0n) is 18.2. The maximum Gasteiger partial charge on any atom is 0.276 e. The topological polar surface area (TPSA) is 105 Å². The van der Waals surface area contributed by atoms with E-state index < -0.39 is 0 Å². The highest BCUT2D eigenvalue weighted by Crippen LogP contribution is 2.17. The minimum atomic E-state index is -0.117. The maximum atomic E-state index is 12.9. The van der Waals surface area contributed by atoms with E-state index in [-0.39, 0.29) is 5.91 Å². The molecule has 0 spiro atoms. The molecule has 1 saturated heterocycles. The number of hydrogen-bond acceptors (Lipinski definition) is 8. The number of hydrogen-bond donors (Lipinski definition) is 1. The van der Waals surface area contributed by atoms with Crippen LogP contribution in [0.15, 0.2) is 66.9 Å². The molecule has 0 unspecified atom stereocenters. The van der Waals surface area contributed by atoms with Gasteiger partial charge in [0.15, 0.2) is 17.3 Å². The summed E-state index contributed by atoms with van der Waals surface area (Å²) in [6.07, 6.45) is 1.52. The molecule has 166 valence electrons. The van der Waals surface area contributed by atoms with Crippen LogP contribution in [0.4, 0.5) is 17.5 Å². The molecule has 1 aromatic carbocycles. The van der Waals surface area contributed by atoms with E-state index in [2.05, 4.69) is 35.6 Å². The average molecular weight is 441 g/mol. The summed E-state index contributed by atoms with van der Waals surface area (Å²) in [5.41, 5.74) is 2.09. The van der Waals surface area contributed by atoms with Crippen molar-refractivity contribution in [3.63, 3.8) is 0 Å². The van der Waals surface area contributed by atoms with Crippen LogP contribution in [-0.2, 0) is 0 Å². The Hall–Kier alpha value is -4.34. The molecule has 10 heteroatoms. The van der Waals surface area contributed by atoms with E-state index in [0.717, 1.165) is 23.0 Å². The van der Waals surface area contributed by atoms with Gasteiger partial charge in [-0.25, -0.2) is 4.98 Å². The molecule has 0 radical (unpaired) electrons. The number of anilines is 3. The van der Waals surface area contributed by atoms with Crippen molar-refractivity contribution < 1.29 is 4.79 Å². The summed E-state index contributed by atoms with van der Waals surface area (Å²) in [6.45, 7) is 4.42. The van der Waals surface area contributed by atoms with Gasteiger partial charge >= 0.3 is 0 Å². The number of nitrogens with one attached hydrogen (secondary N) is 1. The number of benzene rings is 1. The lowest BCUT2D eigenvalue weighted by molar-refractivity contribution is 0.0740. The standard InChI is InChI=1S/C23H23N9O/c1-17-6-5-9-20(25-17)26-21-10-11-22(28-27-21)30-12-14-31(15-13-30)23(33)19-16-24-32(29-19)18-7-3-2-4-8-18/h2-11,16H,12-15H2,1H3,(H,25,26,27). The Bertz CT molecular complexity index is 1230. The van der Waals surface area contributed by atoms with Crippen molar-refractivity contribution in [3.05, 3.63) is 78.2 Å². The van der Waals surface area contributed by atoms with Crippen molar-refractivity contribution >= 4 is 23.4 Å². The molecule has 1 N–H and O–H groups in total. The van der Waals surface area contributed by atoms with Crippen LogP contribution in [0.5, 0.6) is 0 Å². The number of amides is 1. The molecule has 5 rings (SSSR count). The molecule has 1 fully saturated rings. The summed E-state index contributed by atoms with van der Waals surface area (Å²) < 4.78 is 0. The third-order valence-electron chi connectivity index (χ3n) is 5.38. The molecular weight excluding hydrogens is 418 g/mol. The van der Waals surface area contributed by atoms with Crippen LogP contribution in [0.1, 0.15) is 16.2 Å². The second kappa shape index (κ2) is 9.03. The first kappa shape index (κ1) is 20.6. The van der Waals surface area contributed by atoms with Gasteiger partial charge in [-0.3, -0.25) is 4.79 Å². The normalized spacial score (nSPS) is 13.7. The van der Waals surface area contributed by atoms with E-state index in [1.54, 1.807) is 4.90 Å². The molecule has 4 heterocycles. The number of piperazine rings is 1. The number of aryl methyl sites for hydroxylation is 1. The molecule has 0 saturated carbocycles. The van der Waals surface area contributed by atoms with Crippen molar-refractivity contribution in [2.75, 3.05) is 36.4 Å². The zero-order valence-corrected chi connectivity index (χ0v) is 18.2. The lowest BCUT2D eigenvalue weighted by Gasteiger charge is -2.34. The van der Waals surface area contributed by atoms with Gasteiger partial charge in [0.2, 0.25) is 0 Å². The second-order valence-corrected chi connectivity index (χ2v) is 7.70. The number of aromatic nitrogens is 6. The summed E-state index contributed by atoms with van der Waals surface area (Å²) >= 11 is 0. The van der Waals surface area contributed by atoms with Gasteiger partial charge in [-0.2, -0.15) is 9.90 Å². The van der Waals surface area contributed by atoms with Crippen LogP contribution in [0.3, 0.4) is 0 Å². The van der Waals surface area contributed by atoms with Crippen molar-refractivity contribution in [2.24, 2.45) is 0 Å². The van der Waals surface area contributed by atoms with E-state index in [1.807, 2.05) is 67.6 Å². The van der Waals surface area contributed by atoms with E-state index in [1.165, 1.54) is 11.0 Å². The molecular formula is C23H23N9O. The quantitative estimate of drug-likeness (QED) is 0.504. The number of para-hydroxylation sites is 1. The molecule has 10 nitrogen and oxygen atoms in total. The van der Waals surface area contributed by atoms with Gasteiger partial charge in [-0.1, -0.05) is 24.3 Å². The van der Waals surface area contributed by atoms with Gasteiger partial charge in [-0.05, 0) is 43.3 Å². The first-order valence-electron chi connectivity index (χ1n) is 10.7. The van der Waals surface area contributed by atoms with Crippen molar-refractivity contribution in [1.82, 2.24) is 35.1 Å². The van der Waals surface area contributed by atoms with E-state index in [4.69, 9.17) is 0 Å². The van der Waals surface area contributed by atoms with Gasteiger partial charge in [0, 0.05) is 31.9 Å². The molecule has 1 aliphatic heterocycles. The van der Waals surface area contributed by atoms with Gasteiger partial charge in [-0.15, -0.1) is 15.3 Å². The van der Waals surface area contributed by atoms with Crippen LogP contribution in [0.2, 0.25) is 0 Å². The largest absolute Gasteiger partial charge is 0.352 e. The predicted octanol–water partition coefficient (Wildman–Crippen LogP) is 2.47. The molecule has 0 bridgehead atoms. The molecule has 4 aromatic rings.